The maximum Gasteiger partial charge on any atom is 0.306 e. The van der Waals surface area contributed by atoms with Crippen LogP contribution in [-0.2, 0) is 23.8 Å². The predicted octanol–water partition coefficient (Wildman–Crippen LogP) is 15.2. The Hall–Kier alpha value is -2.14. The van der Waals surface area contributed by atoms with Crippen LogP contribution in [0.3, 0.4) is 0 Å². The molecule has 0 aromatic rings. The molecule has 0 amide bonds. The van der Waals surface area contributed by atoms with E-state index in [1.54, 1.807) is 0 Å². The van der Waals surface area contributed by atoms with Gasteiger partial charge in [-0.15, -0.1) is 0 Å². The average Bonchev–Trinajstić information content (AvgIpc) is 3.17. The average molecular weight is 757 g/mol. The Morgan fingerprint density at radius 2 is 0.815 bits per heavy atom. The second kappa shape index (κ2) is 45.3. The molecular formula is C49H88O5. The van der Waals surface area contributed by atoms with Gasteiger partial charge < -0.3 is 14.2 Å². The molecule has 0 aliphatic carbocycles. The van der Waals surface area contributed by atoms with Gasteiger partial charge in [-0.3, -0.25) is 9.59 Å². The highest BCUT2D eigenvalue weighted by atomic mass is 16.6. The van der Waals surface area contributed by atoms with E-state index in [4.69, 9.17) is 14.2 Å². The third-order valence-electron chi connectivity index (χ3n) is 9.82. The molecule has 0 radical (unpaired) electrons. The van der Waals surface area contributed by atoms with Crippen molar-refractivity contribution in [3.8, 4) is 0 Å². The molecule has 0 saturated heterocycles. The summed E-state index contributed by atoms with van der Waals surface area (Å²) in [6.07, 6.45) is 53.9. The van der Waals surface area contributed by atoms with Crippen LogP contribution in [-0.4, -0.2) is 37.9 Å². The number of carbonyl (C=O) groups is 2. The number of carbonyl (C=O) groups excluding carboxylic acids is 2. The molecule has 0 spiro atoms. The molecule has 0 N–H and O–H groups in total. The number of rotatable bonds is 42. The Morgan fingerprint density at radius 3 is 1.33 bits per heavy atom. The molecule has 0 heterocycles. The van der Waals surface area contributed by atoms with Gasteiger partial charge in [0.15, 0.2) is 6.10 Å². The van der Waals surface area contributed by atoms with E-state index in [0.717, 1.165) is 77.0 Å². The van der Waals surface area contributed by atoms with E-state index in [1.165, 1.54) is 116 Å². The summed E-state index contributed by atoms with van der Waals surface area (Å²) >= 11 is 0. The predicted molar refractivity (Wildman–Crippen MR) is 233 cm³/mol. The zero-order valence-corrected chi connectivity index (χ0v) is 36.0. The Kier molecular flexibility index (Phi) is 43.5. The van der Waals surface area contributed by atoms with Crippen LogP contribution in [0.2, 0.25) is 0 Å². The van der Waals surface area contributed by atoms with Crippen molar-refractivity contribution in [2.75, 3.05) is 19.8 Å². The molecular weight excluding hydrogens is 669 g/mol. The SMILES string of the molecule is CCC/C=C\C/C=C\CCCCCCCC(=O)OC(COCCCCCCCCCCCC)COC(=O)CCCCCCC/C=C\C/C=C\CCCCC. The normalized spacial score (nSPS) is 12.6. The van der Waals surface area contributed by atoms with Crippen LogP contribution in [0, 0.1) is 0 Å². The summed E-state index contributed by atoms with van der Waals surface area (Å²) in [7, 11) is 0. The molecule has 0 saturated carbocycles. The number of allylic oxidation sites excluding steroid dienone is 8. The quantitative estimate of drug-likeness (QED) is 0.0353. The zero-order valence-electron chi connectivity index (χ0n) is 36.0. The van der Waals surface area contributed by atoms with Gasteiger partial charge in [-0.05, 0) is 77.0 Å². The number of hydrogen-bond donors (Lipinski definition) is 0. The van der Waals surface area contributed by atoms with Crippen molar-refractivity contribution in [2.24, 2.45) is 0 Å². The third-order valence-corrected chi connectivity index (χ3v) is 9.82. The first kappa shape index (κ1) is 51.9. The van der Waals surface area contributed by atoms with Gasteiger partial charge in [-0.2, -0.15) is 0 Å². The Morgan fingerprint density at radius 1 is 0.407 bits per heavy atom. The standard InChI is InChI=1S/C49H88O5/c1-4-7-10-13-16-19-22-24-25-27-28-30-33-36-39-42-48(50)53-46-47(45-52-44-41-38-35-32-21-18-15-12-9-6-3)54-49(51)43-40-37-34-31-29-26-23-20-17-14-11-8-5-2/h11,14,16,19-20,23-25,47H,4-10,12-13,15,17-18,21-22,26-46H2,1-3H3/b14-11-,19-16-,23-20-,25-24-. The first-order chi connectivity index (χ1) is 26.6. The minimum absolute atomic E-state index is 0.0742. The number of esters is 2. The van der Waals surface area contributed by atoms with Crippen LogP contribution in [0.15, 0.2) is 48.6 Å². The highest BCUT2D eigenvalue weighted by Gasteiger charge is 2.17. The molecule has 314 valence electrons. The van der Waals surface area contributed by atoms with E-state index in [1.807, 2.05) is 0 Å². The van der Waals surface area contributed by atoms with Gasteiger partial charge in [0, 0.05) is 19.4 Å². The van der Waals surface area contributed by atoms with Gasteiger partial charge in [-0.25, -0.2) is 0 Å². The molecule has 0 aromatic heterocycles. The number of unbranched alkanes of at least 4 members (excludes halogenated alkanes) is 23. The summed E-state index contributed by atoms with van der Waals surface area (Å²) in [5, 5.41) is 0. The van der Waals surface area contributed by atoms with Crippen LogP contribution >= 0.6 is 0 Å². The molecule has 5 heteroatoms. The van der Waals surface area contributed by atoms with Gasteiger partial charge in [0.25, 0.3) is 0 Å². The Labute approximate surface area is 335 Å². The zero-order chi connectivity index (χ0) is 39.3. The summed E-state index contributed by atoms with van der Waals surface area (Å²) < 4.78 is 17.3. The molecule has 0 aliphatic heterocycles. The topological polar surface area (TPSA) is 61.8 Å². The van der Waals surface area contributed by atoms with Crippen molar-refractivity contribution in [1.29, 1.82) is 0 Å². The fourth-order valence-corrected chi connectivity index (χ4v) is 6.34. The van der Waals surface area contributed by atoms with Crippen LogP contribution in [0.5, 0.6) is 0 Å². The summed E-state index contributed by atoms with van der Waals surface area (Å²) in [5.74, 6) is -0.425. The van der Waals surface area contributed by atoms with E-state index in [2.05, 4.69) is 69.4 Å². The highest BCUT2D eigenvalue weighted by Crippen LogP contribution is 2.13. The summed E-state index contributed by atoms with van der Waals surface area (Å²) in [6.45, 7) is 7.71. The second-order valence-corrected chi connectivity index (χ2v) is 15.3. The van der Waals surface area contributed by atoms with E-state index in [0.29, 0.717) is 19.4 Å². The molecule has 54 heavy (non-hydrogen) atoms. The van der Waals surface area contributed by atoms with Gasteiger partial charge in [0.2, 0.25) is 0 Å². The van der Waals surface area contributed by atoms with Crippen molar-refractivity contribution >= 4 is 11.9 Å². The van der Waals surface area contributed by atoms with Crippen molar-refractivity contribution in [2.45, 2.75) is 232 Å². The van der Waals surface area contributed by atoms with Crippen LogP contribution in [0.1, 0.15) is 226 Å². The largest absolute Gasteiger partial charge is 0.462 e. The Balaban J connectivity index is 4.27. The summed E-state index contributed by atoms with van der Waals surface area (Å²) in [4.78, 5) is 25.2. The van der Waals surface area contributed by atoms with E-state index in [9.17, 15) is 9.59 Å². The van der Waals surface area contributed by atoms with Gasteiger partial charge >= 0.3 is 11.9 Å². The summed E-state index contributed by atoms with van der Waals surface area (Å²) in [6, 6.07) is 0. The number of ether oxygens (including phenoxy) is 3. The smallest absolute Gasteiger partial charge is 0.306 e. The van der Waals surface area contributed by atoms with Crippen LogP contribution in [0.4, 0.5) is 0 Å². The minimum Gasteiger partial charge on any atom is -0.462 e. The molecule has 0 fully saturated rings. The molecule has 5 nitrogen and oxygen atoms in total. The molecule has 1 unspecified atom stereocenters. The van der Waals surface area contributed by atoms with Gasteiger partial charge in [-0.1, -0.05) is 185 Å². The van der Waals surface area contributed by atoms with Crippen LogP contribution < -0.4 is 0 Å². The van der Waals surface area contributed by atoms with Crippen molar-refractivity contribution in [3.05, 3.63) is 48.6 Å². The molecule has 1 atom stereocenters. The molecule has 0 aromatic carbocycles. The lowest BCUT2D eigenvalue weighted by molar-refractivity contribution is -0.163. The Bertz CT molecular complexity index is 904. The monoisotopic (exact) mass is 757 g/mol. The minimum atomic E-state index is -0.544. The van der Waals surface area contributed by atoms with E-state index < -0.39 is 6.10 Å². The molecule has 0 rings (SSSR count). The van der Waals surface area contributed by atoms with Crippen LogP contribution in [0.25, 0.3) is 0 Å². The lowest BCUT2D eigenvalue weighted by Gasteiger charge is -2.18. The van der Waals surface area contributed by atoms with Gasteiger partial charge in [0.05, 0.1) is 6.61 Å². The maximum atomic E-state index is 12.7. The fourth-order valence-electron chi connectivity index (χ4n) is 6.34. The lowest BCUT2D eigenvalue weighted by Crippen LogP contribution is -2.30. The van der Waals surface area contributed by atoms with E-state index >= 15 is 0 Å². The van der Waals surface area contributed by atoms with E-state index in [-0.39, 0.29) is 25.2 Å². The first-order valence-corrected chi connectivity index (χ1v) is 23.2. The second-order valence-electron chi connectivity index (χ2n) is 15.3. The third kappa shape index (κ3) is 42.6. The molecule has 0 bridgehead atoms. The first-order valence-electron chi connectivity index (χ1n) is 23.2. The fraction of sp³-hybridized carbons (Fsp3) is 0.796. The summed E-state index contributed by atoms with van der Waals surface area (Å²) in [5.41, 5.74) is 0. The highest BCUT2D eigenvalue weighted by molar-refractivity contribution is 5.70. The van der Waals surface area contributed by atoms with Gasteiger partial charge in [0.1, 0.15) is 6.61 Å². The molecule has 0 aliphatic rings. The maximum absolute atomic E-state index is 12.7. The lowest BCUT2D eigenvalue weighted by atomic mass is 10.1. The van der Waals surface area contributed by atoms with Crippen molar-refractivity contribution in [3.63, 3.8) is 0 Å². The number of hydrogen-bond acceptors (Lipinski definition) is 5. The van der Waals surface area contributed by atoms with Crippen molar-refractivity contribution < 1.29 is 23.8 Å². The van der Waals surface area contributed by atoms with Crippen molar-refractivity contribution in [1.82, 2.24) is 0 Å².